The van der Waals surface area contributed by atoms with Crippen LogP contribution in [0.1, 0.15) is 25.6 Å². The zero-order valence-corrected chi connectivity index (χ0v) is 12.6. The summed E-state index contributed by atoms with van der Waals surface area (Å²) in [5.41, 5.74) is 0. The van der Waals surface area contributed by atoms with E-state index in [1.54, 1.807) is 18.4 Å². The summed E-state index contributed by atoms with van der Waals surface area (Å²) >= 11 is 0. The minimum absolute atomic E-state index is 0.229. The number of nitrogens with one attached hydrogen (secondary N) is 3. The molecule has 0 bridgehead atoms. The van der Waals surface area contributed by atoms with Gasteiger partial charge in [0.25, 0.3) is 0 Å². The Morgan fingerprint density at radius 1 is 1.41 bits per heavy atom. The summed E-state index contributed by atoms with van der Waals surface area (Å²) in [5.74, 6) is 1.62. The Morgan fingerprint density at radius 2 is 2.32 bits per heavy atom. The Labute approximate surface area is 128 Å². The van der Waals surface area contributed by atoms with Gasteiger partial charge in [-0.05, 0) is 31.9 Å². The summed E-state index contributed by atoms with van der Waals surface area (Å²) in [6, 6.07) is 3.31. The lowest BCUT2D eigenvalue weighted by atomic mass is 10.3. The average molecular weight is 307 g/mol. The molecular formula is C14H21N5O3. The number of H-pyrrole nitrogens is 1. The third-order valence-corrected chi connectivity index (χ3v) is 2.89. The van der Waals surface area contributed by atoms with E-state index in [1.165, 1.54) is 0 Å². The number of amides is 2. The molecule has 2 rings (SSSR count). The number of carbonyl (C=O) groups excluding carboxylic acids is 1. The van der Waals surface area contributed by atoms with E-state index in [0.29, 0.717) is 24.0 Å². The predicted octanol–water partition coefficient (Wildman–Crippen LogP) is 1.68. The van der Waals surface area contributed by atoms with Crippen molar-refractivity contribution in [1.82, 2.24) is 25.8 Å². The van der Waals surface area contributed by atoms with Gasteiger partial charge in [-0.2, -0.15) is 0 Å². The summed E-state index contributed by atoms with van der Waals surface area (Å²) in [4.78, 5) is 15.8. The number of furan rings is 1. The standard InChI is InChI=1S/C14H21N5O3/c1-2-21-8-4-3-7-15-14(20)16-10-12-17-13(19-18-12)11-6-5-9-22-11/h5-6,9H,2-4,7-8,10H2,1H3,(H2,15,16,20)(H,17,18,19). The van der Waals surface area contributed by atoms with Crippen molar-refractivity contribution >= 4 is 6.03 Å². The summed E-state index contributed by atoms with van der Waals surface area (Å²) in [6.45, 7) is 4.32. The van der Waals surface area contributed by atoms with Crippen LogP contribution < -0.4 is 10.6 Å². The van der Waals surface area contributed by atoms with Crippen LogP contribution in [0.4, 0.5) is 4.79 Å². The first kappa shape index (κ1) is 16.0. The molecule has 0 saturated carbocycles. The van der Waals surface area contributed by atoms with Crippen LogP contribution in [0.25, 0.3) is 11.6 Å². The Bertz CT molecular complexity index is 553. The summed E-state index contributed by atoms with van der Waals surface area (Å²) in [7, 11) is 0. The van der Waals surface area contributed by atoms with Crippen molar-refractivity contribution in [1.29, 1.82) is 0 Å². The third kappa shape index (κ3) is 5.21. The number of aromatic nitrogens is 3. The predicted molar refractivity (Wildman–Crippen MR) is 80.1 cm³/mol. The molecule has 0 fully saturated rings. The second kappa shape index (κ2) is 8.83. The minimum Gasteiger partial charge on any atom is -0.461 e. The molecular weight excluding hydrogens is 286 g/mol. The maximum Gasteiger partial charge on any atom is 0.315 e. The van der Waals surface area contributed by atoms with Crippen molar-refractivity contribution in [2.24, 2.45) is 0 Å². The molecule has 22 heavy (non-hydrogen) atoms. The number of nitrogens with zero attached hydrogens (tertiary/aromatic N) is 2. The van der Waals surface area contributed by atoms with Crippen molar-refractivity contribution in [3.63, 3.8) is 0 Å². The number of hydrogen-bond acceptors (Lipinski definition) is 5. The molecule has 0 spiro atoms. The van der Waals surface area contributed by atoms with Gasteiger partial charge in [0.2, 0.25) is 5.82 Å². The van der Waals surface area contributed by atoms with Crippen molar-refractivity contribution in [2.75, 3.05) is 19.8 Å². The largest absolute Gasteiger partial charge is 0.461 e. The molecule has 0 unspecified atom stereocenters. The Kier molecular flexibility index (Phi) is 6.43. The van der Waals surface area contributed by atoms with E-state index < -0.39 is 0 Å². The molecule has 3 N–H and O–H groups in total. The van der Waals surface area contributed by atoms with Crippen LogP contribution in [0.15, 0.2) is 22.8 Å². The van der Waals surface area contributed by atoms with Gasteiger partial charge in [0.1, 0.15) is 5.82 Å². The number of hydrogen-bond donors (Lipinski definition) is 3. The molecule has 0 aliphatic carbocycles. The Hall–Kier alpha value is -2.35. The van der Waals surface area contributed by atoms with Crippen LogP contribution in [0.3, 0.4) is 0 Å². The van der Waals surface area contributed by atoms with Gasteiger partial charge in [-0.1, -0.05) is 0 Å². The third-order valence-electron chi connectivity index (χ3n) is 2.89. The second-order valence-electron chi connectivity index (χ2n) is 4.60. The van der Waals surface area contributed by atoms with Gasteiger partial charge in [0.05, 0.1) is 12.8 Å². The second-order valence-corrected chi connectivity index (χ2v) is 4.60. The molecule has 2 heterocycles. The fourth-order valence-corrected chi connectivity index (χ4v) is 1.79. The monoisotopic (exact) mass is 307 g/mol. The summed E-state index contributed by atoms with van der Waals surface area (Å²) in [6.07, 6.45) is 3.38. The average Bonchev–Trinajstić information content (AvgIpc) is 3.19. The van der Waals surface area contributed by atoms with Gasteiger partial charge < -0.3 is 19.8 Å². The lowest BCUT2D eigenvalue weighted by molar-refractivity contribution is 0.143. The highest BCUT2D eigenvalue weighted by molar-refractivity contribution is 5.73. The van der Waals surface area contributed by atoms with E-state index in [4.69, 9.17) is 9.15 Å². The van der Waals surface area contributed by atoms with Crippen molar-refractivity contribution in [3.8, 4) is 11.6 Å². The van der Waals surface area contributed by atoms with Crippen LogP contribution >= 0.6 is 0 Å². The SMILES string of the molecule is CCOCCCCNC(=O)NCc1nc(-c2ccco2)n[nH]1. The van der Waals surface area contributed by atoms with Gasteiger partial charge in [0, 0.05) is 19.8 Å². The smallest absolute Gasteiger partial charge is 0.315 e. The number of ether oxygens (including phenoxy) is 1. The zero-order chi connectivity index (χ0) is 15.6. The fraction of sp³-hybridized carbons (Fsp3) is 0.500. The molecule has 2 aromatic rings. The van der Waals surface area contributed by atoms with E-state index >= 15 is 0 Å². The molecule has 0 radical (unpaired) electrons. The molecule has 2 amide bonds. The minimum atomic E-state index is -0.229. The van der Waals surface area contributed by atoms with Crippen LogP contribution in [-0.4, -0.2) is 41.0 Å². The highest BCUT2D eigenvalue weighted by atomic mass is 16.5. The van der Waals surface area contributed by atoms with E-state index in [0.717, 1.165) is 26.1 Å². The maximum absolute atomic E-state index is 11.6. The molecule has 0 aliphatic rings. The number of carbonyl (C=O) groups is 1. The first-order valence-corrected chi connectivity index (χ1v) is 7.34. The van der Waals surface area contributed by atoms with Crippen LogP contribution in [-0.2, 0) is 11.3 Å². The first-order valence-electron chi connectivity index (χ1n) is 7.34. The van der Waals surface area contributed by atoms with Crippen LogP contribution in [0.5, 0.6) is 0 Å². The van der Waals surface area contributed by atoms with E-state index in [-0.39, 0.29) is 12.6 Å². The molecule has 0 aromatic carbocycles. The van der Waals surface area contributed by atoms with E-state index in [2.05, 4.69) is 25.8 Å². The van der Waals surface area contributed by atoms with Gasteiger partial charge in [-0.3, -0.25) is 5.10 Å². The Balaban J connectivity index is 1.62. The molecule has 2 aromatic heterocycles. The van der Waals surface area contributed by atoms with Gasteiger partial charge >= 0.3 is 6.03 Å². The van der Waals surface area contributed by atoms with E-state index in [1.807, 2.05) is 6.92 Å². The van der Waals surface area contributed by atoms with Crippen molar-refractivity contribution in [3.05, 3.63) is 24.2 Å². The summed E-state index contributed by atoms with van der Waals surface area (Å²) in [5, 5.41) is 12.3. The number of urea groups is 1. The zero-order valence-electron chi connectivity index (χ0n) is 12.6. The molecule has 0 atom stereocenters. The molecule has 8 heteroatoms. The highest BCUT2D eigenvalue weighted by Crippen LogP contribution is 2.13. The Morgan fingerprint density at radius 3 is 3.09 bits per heavy atom. The number of rotatable bonds is 9. The number of unbranched alkanes of at least 4 members (excludes halogenated alkanes) is 1. The van der Waals surface area contributed by atoms with Crippen LogP contribution in [0, 0.1) is 0 Å². The summed E-state index contributed by atoms with van der Waals surface area (Å²) < 4.78 is 10.4. The van der Waals surface area contributed by atoms with Gasteiger partial charge in [-0.25, -0.2) is 9.78 Å². The lowest BCUT2D eigenvalue weighted by Gasteiger charge is -2.06. The van der Waals surface area contributed by atoms with E-state index in [9.17, 15) is 4.79 Å². The van der Waals surface area contributed by atoms with Gasteiger partial charge in [-0.15, -0.1) is 5.10 Å². The first-order chi connectivity index (χ1) is 10.8. The van der Waals surface area contributed by atoms with Crippen LogP contribution in [0.2, 0.25) is 0 Å². The van der Waals surface area contributed by atoms with Gasteiger partial charge in [0.15, 0.2) is 5.76 Å². The molecule has 120 valence electrons. The molecule has 8 nitrogen and oxygen atoms in total. The highest BCUT2D eigenvalue weighted by Gasteiger charge is 2.08. The lowest BCUT2D eigenvalue weighted by Crippen LogP contribution is -2.35. The maximum atomic E-state index is 11.6. The van der Waals surface area contributed by atoms with Crippen molar-refractivity contribution in [2.45, 2.75) is 26.3 Å². The molecule has 0 aliphatic heterocycles. The quantitative estimate of drug-likeness (QED) is 0.611. The van der Waals surface area contributed by atoms with Crippen molar-refractivity contribution < 1.29 is 13.9 Å². The fourth-order valence-electron chi connectivity index (χ4n) is 1.79. The normalized spacial score (nSPS) is 10.6. The topological polar surface area (TPSA) is 105 Å². The number of aromatic amines is 1. The molecule has 0 saturated heterocycles.